The van der Waals surface area contributed by atoms with Crippen LogP contribution in [0.5, 0.6) is 0 Å². The Bertz CT molecular complexity index is 814. The molecule has 24 heavy (non-hydrogen) atoms. The lowest BCUT2D eigenvalue weighted by atomic mass is 9.95. The predicted octanol–water partition coefficient (Wildman–Crippen LogP) is 2.67. The summed E-state index contributed by atoms with van der Waals surface area (Å²) in [6.45, 7) is 5.30. The highest BCUT2D eigenvalue weighted by Gasteiger charge is 2.27. The Morgan fingerprint density at radius 2 is 2.04 bits per heavy atom. The molecule has 1 saturated heterocycles. The second-order valence-corrected chi connectivity index (χ2v) is 8.65. The summed E-state index contributed by atoms with van der Waals surface area (Å²) in [4.78, 5) is 4.82. The average Bonchev–Trinajstić information content (AvgIpc) is 3.04. The molecule has 2 aromatic rings. The number of pyridine rings is 1. The van der Waals surface area contributed by atoms with Crippen LogP contribution in [0.25, 0.3) is 11.4 Å². The van der Waals surface area contributed by atoms with Gasteiger partial charge in [0.25, 0.3) is 0 Å². The zero-order chi connectivity index (χ0) is 17.3. The first-order valence-electron chi connectivity index (χ1n) is 8.32. The Morgan fingerprint density at radius 3 is 2.75 bits per heavy atom. The van der Waals surface area contributed by atoms with Gasteiger partial charge in [-0.05, 0) is 44.9 Å². The molecule has 1 aliphatic heterocycles. The van der Waals surface area contributed by atoms with E-state index in [4.69, 9.17) is 4.98 Å². The van der Waals surface area contributed by atoms with E-state index in [0.29, 0.717) is 13.1 Å². The van der Waals surface area contributed by atoms with Crippen molar-refractivity contribution in [3.8, 4) is 11.4 Å². The van der Waals surface area contributed by atoms with Gasteiger partial charge < -0.3 is 0 Å². The van der Waals surface area contributed by atoms with Gasteiger partial charge in [-0.15, -0.1) is 0 Å². The molecule has 1 fully saturated rings. The fourth-order valence-electron chi connectivity index (χ4n) is 3.24. The smallest absolute Gasteiger partial charge is 0.211 e. The number of piperidine rings is 1. The summed E-state index contributed by atoms with van der Waals surface area (Å²) < 4.78 is 27.2. The molecule has 3 rings (SSSR count). The van der Waals surface area contributed by atoms with Crippen LogP contribution in [0.4, 0.5) is 0 Å². The Morgan fingerprint density at radius 1 is 1.25 bits per heavy atom. The van der Waals surface area contributed by atoms with E-state index >= 15 is 0 Å². The van der Waals surface area contributed by atoms with Gasteiger partial charge in [0, 0.05) is 36.9 Å². The van der Waals surface area contributed by atoms with Crippen LogP contribution in [-0.2, 0) is 10.0 Å². The van der Waals surface area contributed by atoms with Crippen LogP contribution in [0.15, 0.2) is 30.5 Å². The maximum absolute atomic E-state index is 11.8. The lowest BCUT2D eigenvalue weighted by molar-refractivity contribution is 0.314. The molecular weight excluding hydrogens is 324 g/mol. The van der Waals surface area contributed by atoms with Crippen LogP contribution in [0.2, 0.25) is 0 Å². The van der Waals surface area contributed by atoms with E-state index in [9.17, 15) is 8.42 Å². The lowest BCUT2D eigenvalue weighted by Crippen LogP contribution is -2.38. The van der Waals surface area contributed by atoms with E-state index in [2.05, 4.69) is 18.9 Å². The molecule has 0 bridgehead atoms. The van der Waals surface area contributed by atoms with Gasteiger partial charge in [-0.1, -0.05) is 6.07 Å². The summed E-state index contributed by atoms with van der Waals surface area (Å²) in [5.74, 6) is 0.142. The monoisotopic (exact) mass is 348 g/mol. The topological polar surface area (TPSA) is 68.1 Å². The molecule has 1 atom stereocenters. The third-order valence-electron chi connectivity index (χ3n) is 4.46. The van der Waals surface area contributed by atoms with Crippen molar-refractivity contribution in [2.24, 2.45) is 0 Å². The number of aromatic nitrogens is 3. The van der Waals surface area contributed by atoms with Crippen molar-refractivity contribution in [2.45, 2.75) is 38.6 Å². The molecular formula is C17H24N4O2S. The summed E-state index contributed by atoms with van der Waals surface area (Å²) in [7, 11) is -3.15. The molecule has 0 spiro atoms. The molecule has 0 unspecified atom stereocenters. The Hall–Kier alpha value is -1.73. The molecule has 6 nitrogen and oxygen atoms in total. The standard InChI is InChI=1S/C17H24N4O2S/c1-13(2)21-17(9-10-18-21)16-8-4-7-15(19-16)14-6-5-11-20(12-14)24(3,22)23/h4,7-10,13-14H,5-6,11-12H2,1-3H3/t14-/m1/s1. The fourth-order valence-corrected chi connectivity index (χ4v) is 4.15. The summed E-state index contributed by atoms with van der Waals surface area (Å²) in [6.07, 6.45) is 4.90. The Labute approximate surface area is 143 Å². The van der Waals surface area contributed by atoms with Crippen LogP contribution in [-0.4, -0.2) is 46.8 Å². The number of nitrogens with zero attached hydrogens (tertiary/aromatic N) is 4. The highest BCUT2D eigenvalue weighted by atomic mass is 32.2. The minimum Gasteiger partial charge on any atom is -0.261 e. The third-order valence-corrected chi connectivity index (χ3v) is 5.73. The van der Waals surface area contributed by atoms with Gasteiger partial charge in [-0.25, -0.2) is 12.7 Å². The SMILES string of the molecule is CC(C)n1nccc1-c1cccc([C@@H]2CCCN(S(C)(=O)=O)C2)n1. The van der Waals surface area contributed by atoms with E-state index < -0.39 is 10.0 Å². The van der Waals surface area contributed by atoms with Crippen LogP contribution < -0.4 is 0 Å². The highest BCUT2D eigenvalue weighted by molar-refractivity contribution is 7.88. The quantitative estimate of drug-likeness (QED) is 0.852. The van der Waals surface area contributed by atoms with Gasteiger partial charge in [0.15, 0.2) is 0 Å². The molecule has 0 aliphatic carbocycles. The molecule has 0 aromatic carbocycles. The third kappa shape index (κ3) is 3.52. The highest BCUT2D eigenvalue weighted by Crippen LogP contribution is 2.29. The van der Waals surface area contributed by atoms with E-state index in [1.807, 2.05) is 28.9 Å². The first-order valence-corrected chi connectivity index (χ1v) is 10.2. The average molecular weight is 348 g/mol. The largest absolute Gasteiger partial charge is 0.261 e. The molecule has 0 radical (unpaired) electrons. The van der Waals surface area contributed by atoms with Gasteiger partial charge in [-0.2, -0.15) is 5.10 Å². The number of hydrogen-bond donors (Lipinski definition) is 0. The van der Waals surface area contributed by atoms with Crippen LogP contribution >= 0.6 is 0 Å². The van der Waals surface area contributed by atoms with Gasteiger partial charge in [0.1, 0.15) is 0 Å². The first-order chi connectivity index (χ1) is 11.4. The zero-order valence-electron chi connectivity index (χ0n) is 14.4. The number of hydrogen-bond acceptors (Lipinski definition) is 4. The predicted molar refractivity (Wildman–Crippen MR) is 94.2 cm³/mol. The van der Waals surface area contributed by atoms with E-state index in [-0.39, 0.29) is 12.0 Å². The van der Waals surface area contributed by atoms with Crippen molar-refractivity contribution in [1.82, 2.24) is 19.1 Å². The lowest BCUT2D eigenvalue weighted by Gasteiger charge is -2.30. The summed E-state index contributed by atoms with van der Waals surface area (Å²) in [6, 6.07) is 8.20. The Kier molecular flexibility index (Phi) is 4.73. The second kappa shape index (κ2) is 6.64. The maximum Gasteiger partial charge on any atom is 0.211 e. The Balaban J connectivity index is 1.89. The summed E-state index contributed by atoms with van der Waals surface area (Å²) in [5.41, 5.74) is 2.83. The molecule has 1 aliphatic rings. The molecule has 0 saturated carbocycles. The van der Waals surface area contributed by atoms with Crippen molar-refractivity contribution < 1.29 is 8.42 Å². The van der Waals surface area contributed by atoms with Crippen molar-refractivity contribution in [3.63, 3.8) is 0 Å². The van der Waals surface area contributed by atoms with Gasteiger partial charge in [-0.3, -0.25) is 9.67 Å². The minimum atomic E-state index is -3.15. The first kappa shape index (κ1) is 17.1. The van der Waals surface area contributed by atoms with Crippen molar-refractivity contribution >= 4 is 10.0 Å². The summed E-state index contributed by atoms with van der Waals surface area (Å²) in [5, 5.41) is 4.37. The number of rotatable bonds is 4. The van der Waals surface area contributed by atoms with E-state index in [0.717, 1.165) is 29.9 Å². The fraction of sp³-hybridized carbons (Fsp3) is 0.529. The molecule has 130 valence electrons. The van der Waals surface area contributed by atoms with E-state index in [1.54, 1.807) is 10.5 Å². The van der Waals surface area contributed by atoms with Crippen molar-refractivity contribution in [1.29, 1.82) is 0 Å². The number of sulfonamides is 1. The van der Waals surface area contributed by atoms with Gasteiger partial charge >= 0.3 is 0 Å². The minimum absolute atomic E-state index is 0.142. The summed E-state index contributed by atoms with van der Waals surface area (Å²) >= 11 is 0. The van der Waals surface area contributed by atoms with Gasteiger partial charge in [0.05, 0.1) is 17.6 Å². The second-order valence-electron chi connectivity index (χ2n) is 6.66. The molecule has 0 amide bonds. The zero-order valence-corrected chi connectivity index (χ0v) is 15.2. The van der Waals surface area contributed by atoms with E-state index in [1.165, 1.54) is 6.26 Å². The van der Waals surface area contributed by atoms with Crippen LogP contribution in [0, 0.1) is 0 Å². The van der Waals surface area contributed by atoms with Crippen LogP contribution in [0.3, 0.4) is 0 Å². The molecule has 0 N–H and O–H groups in total. The molecule has 2 aromatic heterocycles. The normalized spacial score (nSPS) is 19.8. The van der Waals surface area contributed by atoms with Crippen molar-refractivity contribution in [2.75, 3.05) is 19.3 Å². The maximum atomic E-state index is 11.8. The van der Waals surface area contributed by atoms with Crippen LogP contribution in [0.1, 0.15) is 44.3 Å². The van der Waals surface area contributed by atoms with Crippen molar-refractivity contribution in [3.05, 3.63) is 36.2 Å². The molecule has 3 heterocycles. The van der Waals surface area contributed by atoms with Gasteiger partial charge in [0.2, 0.25) is 10.0 Å². The molecule has 7 heteroatoms.